The summed E-state index contributed by atoms with van der Waals surface area (Å²) in [6.45, 7) is 1.24. The second-order valence-electron chi connectivity index (χ2n) is 3.58. The Balaban J connectivity index is 2.03. The fourth-order valence-electron chi connectivity index (χ4n) is 1.46. The minimum absolute atomic E-state index is 0.522. The molecule has 2 rings (SSSR count). The number of aromatic nitrogens is 2. The second-order valence-corrected chi connectivity index (χ2v) is 5.29. The van der Waals surface area contributed by atoms with Crippen LogP contribution in [0.15, 0.2) is 39.8 Å². The van der Waals surface area contributed by atoms with E-state index in [1.807, 2.05) is 10.8 Å². The molecule has 0 saturated heterocycles. The molecule has 4 nitrogen and oxygen atoms in total. The fraction of sp³-hybridized carbons (Fsp3) is 0.167. The number of hydrogen-bond donors (Lipinski definition) is 0. The largest absolute Gasteiger partial charge is 0.489 e. The Kier molecular flexibility index (Phi) is 4.54. The van der Waals surface area contributed by atoms with E-state index < -0.39 is 0 Å². The van der Waals surface area contributed by atoms with Gasteiger partial charge >= 0.3 is 0 Å². The lowest BCUT2D eigenvalue weighted by atomic mass is 10.2. The van der Waals surface area contributed by atoms with Crippen LogP contribution in [-0.2, 0) is 6.54 Å². The topological polar surface area (TPSA) is 44.1 Å². The number of ether oxygens (including phenoxy) is 1. The Labute approximate surface area is 121 Å². The SMILES string of the molecule is O=Cc1cc(Br)c(OCCn2ccnc2)c(Br)c1. The summed E-state index contributed by atoms with van der Waals surface area (Å²) in [5.74, 6) is 0.695. The summed E-state index contributed by atoms with van der Waals surface area (Å²) in [4.78, 5) is 14.7. The van der Waals surface area contributed by atoms with E-state index in [4.69, 9.17) is 4.74 Å². The average molecular weight is 374 g/mol. The maximum atomic E-state index is 10.7. The van der Waals surface area contributed by atoms with Crippen LogP contribution >= 0.6 is 31.9 Å². The van der Waals surface area contributed by atoms with E-state index in [0.29, 0.717) is 24.5 Å². The Morgan fingerprint density at radius 1 is 1.33 bits per heavy atom. The van der Waals surface area contributed by atoms with Gasteiger partial charge in [0.1, 0.15) is 18.6 Å². The molecule has 0 aliphatic rings. The summed E-state index contributed by atoms with van der Waals surface area (Å²) in [6, 6.07) is 3.45. The monoisotopic (exact) mass is 372 g/mol. The molecule has 0 spiro atoms. The quantitative estimate of drug-likeness (QED) is 0.755. The summed E-state index contributed by atoms with van der Waals surface area (Å²) in [5, 5.41) is 0. The predicted molar refractivity (Wildman–Crippen MR) is 75.0 cm³/mol. The molecule has 0 atom stereocenters. The summed E-state index contributed by atoms with van der Waals surface area (Å²) in [6.07, 6.45) is 6.14. The second kappa shape index (κ2) is 6.15. The molecule has 0 bridgehead atoms. The molecule has 0 N–H and O–H groups in total. The highest BCUT2D eigenvalue weighted by molar-refractivity contribution is 9.11. The number of rotatable bonds is 5. The van der Waals surface area contributed by atoms with Crippen molar-refractivity contribution in [3.8, 4) is 5.75 Å². The molecular formula is C12H10Br2N2O2. The van der Waals surface area contributed by atoms with Crippen molar-refractivity contribution in [1.82, 2.24) is 9.55 Å². The third kappa shape index (κ3) is 3.20. The van der Waals surface area contributed by atoms with E-state index in [1.165, 1.54) is 0 Å². The number of imidazole rings is 1. The molecule has 94 valence electrons. The maximum absolute atomic E-state index is 10.7. The summed E-state index contributed by atoms with van der Waals surface area (Å²) < 4.78 is 9.12. The molecule has 0 aliphatic heterocycles. The molecule has 18 heavy (non-hydrogen) atoms. The van der Waals surface area contributed by atoms with Gasteiger partial charge in [-0.25, -0.2) is 4.98 Å². The van der Waals surface area contributed by atoms with Crippen LogP contribution in [0, 0.1) is 0 Å². The molecule has 0 saturated carbocycles. The van der Waals surface area contributed by atoms with Crippen LogP contribution in [0.2, 0.25) is 0 Å². The van der Waals surface area contributed by atoms with Gasteiger partial charge in [-0.05, 0) is 44.0 Å². The first-order valence-electron chi connectivity index (χ1n) is 5.23. The highest BCUT2D eigenvalue weighted by atomic mass is 79.9. The van der Waals surface area contributed by atoms with Crippen molar-refractivity contribution < 1.29 is 9.53 Å². The predicted octanol–water partition coefficient (Wildman–Crippen LogP) is 3.30. The highest BCUT2D eigenvalue weighted by Gasteiger charge is 2.08. The molecule has 0 amide bonds. The Bertz CT molecular complexity index is 518. The van der Waals surface area contributed by atoms with Crippen molar-refractivity contribution in [3.05, 3.63) is 45.4 Å². The standard InChI is InChI=1S/C12H10Br2N2O2/c13-10-5-9(7-17)6-11(14)12(10)18-4-3-16-2-1-15-8-16/h1-2,5-8H,3-4H2. The number of aldehydes is 1. The van der Waals surface area contributed by atoms with Crippen molar-refractivity contribution in [2.75, 3.05) is 6.61 Å². The van der Waals surface area contributed by atoms with Gasteiger partial charge in [0.05, 0.1) is 21.8 Å². The van der Waals surface area contributed by atoms with E-state index in [-0.39, 0.29) is 0 Å². The van der Waals surface area contributed by atoms with E-state index in [0.717, 1.165) is 15.2 Å². The van der Waals surface area contributed by atoms with E-state index in [2.05, 4.69) is 36.8 Å². The van der Waals surface area contributed by atoms with E-state index >= 15 is 0 Å². The average Bonchev–Trinajstić information content (AvgIpc) is 2.85. The smallest absolute Gasteiger partial charge is 0.150 e. The number of benzene rings is 1. The third-order valence-corrected chi connectivity index (χ3v) is 3.49. The summed E-state index contributed by atoms with van der Waals surface area (Å²) in [7, 11) is 0. The van der Waals surface area contributed by atoms with Gasteiger partial charge in [0, 0.05) is 18.0 Å². The maximum Gasteiger partial charge on any atom is 0.150 e. The van der Waals surface area contributed by atoms with Crippen LogP contribution in [-0.4, -0.2) is 22.4 Å². The van der Waals surface area contributed by atoms with E-state index in [1.54, 1.807) is 24.7 Å². The summed E-state index contributed by atoms with van der Waals surface area (Å²) >= 11 is 6.77. The van der Waals surface area contributed by atoms with Gasteiger partial charge in [-0.3, -0.25) is 4.79 Å². The van der Waals surface area contributed by atoms with Crippen LogP contribution in [0.3, 0.4) is 0 Å². The highest BCUT2D eigenvalue weighted by Crippen LogP contribution is 2.34. The van der Waals surface area contributed by atoms with Crippen molar-refractivity contribution >= 4 is 38.1 Å². The summed E-state index contributed by atoms with van der Waals surface area (Å²) in [5.41, 5.74) is 0.593. The van der Waals surface area contributed by atoms with Crippen molar-refractivity contribution in [1.29, 1.82) is 0 Å². The molecule has 0 radical (unpaired) electrons. The molecule has 0 aliphatic carbocycles. The van der Waals surface area contributed by atoms with Gasteiger partial charge in [0.25, 0.3) is 0 Å². The Hall–Kier alpha value is -1.14. The van der Waals surface area contributed by atoms with Gasteiger partial charge in [0.2, 0.25) is 0 Å². The number of hydrogen-bond acceptors (Lipinski definition) is 3. The van der Waals surface area contributed by atoms with Crippen LogP contribution in [0.25, 0.3) is 0 Å². The molecule has 1 aromatic heterocycles. The first-order chi connectivity index (χ1) is 8.70. The van der Waals surface area contributed by atoms with Crippen molar-refractivity contribution in [3.63, 3.8) is 0 Å². The van der Waals surface area contributed by atoms with Crippen LogP contribution in [0.5, 0.6) is 5.75 Å². The number of halogens is 2. The zero-order valence-electron chi connectivity index (χ0n) is 9.35. The van der Waals surface area contributed by atoms with Crippen LogP contribution < -0.4 is 4.74 Å². The van der Waals surface area contributed by atoms with Crippen molar-refractivity contribution in [2.24, 2.45) is 0 Å². The normalized spacial score (nSPS) is 10.3. The zero-order chi connectivity index (χ0) is 13.0. The lowest BCUT2D eigenvalue weighted by molar-refractivity contribution is 0.112. The molecule has 0 unspecified atom stereocenters. The van der Waals surface area contributed by atoms with Crippen LogP contribution in [0.4, 0.5) is 0 Å². The van der Waals surface area contributed by atoms with Crippen molar-refractivity contribution in [2.45, 2.75) is 6.54 Å². The molecule has 1 aromatic carbocycles. The molecule has 1 heterocycles. The van der Waals surface area contributed by atoms with Gasteiger partial charge < -0.3 is 9.30 Å². The van der Waals surface area contributed by atoms with Gasteiger partial charge in [-0.2, -0.15) is 0 Å². The Morgan fingerprint density at radius 3 is 2.61 bits per heavy atom. The first-order valence-corrected chi connectivity index (χ1v) is 6.82. The molecule has 6 heteroatoms. The number of nitrogens with zero attached hydrogens (tertiary/aromatic N) is 2. The fourth-order valence-corrected chi connectivity index (χ4v) is 2.91. The minimum Gasteiger partial charge on any atom is -0.489 e. The first kappa shape index (κ1) is 13.3. The lowest BCUT2D eigenvalue weighted by Gasteiger charge is -2.11. The van der Waals surface area contributed by atoms with E-state index in [9.17, 15) is 4.79 Å². The van der Waals surface area contributed by atoms with Gasteiger partial charge in [-0.15, -0.1) is 0 Å². The molecule has 0 fully saturated rings. The van der Waals surface area contributed by atoms with Crippen LogP contribution in [0.1, 0.15) is 10.4 Å². The third-order valence-electron chi connectivity index (χ3n) is 2.31. The lowest BCUT2D eigenvalue weighted by Crippen LogP contribution is -2.07. The van der Waals surface area contributed by atoms with Gasteiger partial charge in [0.15, 0.2) is 0 Å². The minimum atomic E-state index is 0.522. The number of carbonyl (C=O) groups is 1. The zero-order valence-corrected chi connectivity index (χ0v) is 12.5. The Morgan fingerprint density at radius 2 is 2.06 bits per heavy atom. The molecule has 2 aromatic rings. The number of carbonyl (C=O) groups excluding carboxylic acids is 1. The van der Waals surface area contributed by atoms with Gasteiger partial charge in [-0.1, -0.05) is 0 Å². The molecular weight excluding hydrogens is 364 g/mol.